The summed E-state index contributed by atoms with van der Waals surface area (Å²) >= 11 is 0. The standard InChI is InChI=1S/C24H26N6O2/c1-26-24(32)21-22(25)27-13-20(29-21)17-8-5-9-18(12-17)23(31)28-19-10-11-30(15-19)14-16-6-3-2-4-7-16/h2-9,12-13,19H,10-11,14-15H2,1H3,(H2,25,27)(H,26,32)(H,28,31)/t19-/m1/s1. The summed E-state index contributed by atoms with van der Waals surface area (Å²) in [7, 11) is 1.51. The van der Waals surface area contributed by atoms with Gasteiger partial charge >= 0.3 is 0 Å². The number of nitrogens with two attached hydrogens (primary N) is 1. The molecular weight excluding hydrogens is 404 g/mol. The quantitative estimate of drug-likeness (QED) is 0.552. The van der Waals surface area contributed by atoms with Crippen molar-refractivity contribution in [1.82, 2.24) is 25.5 Å². The molecule has 2 amide bonds. The Hall–Kier alpha value is -3.78. The topological polar surface area (TPSA) is 113 Å². The lowest BCUT2D eigenvalue weighted by Gasteiger charge is -2.17. The van der Waals surface area contributed by atoms with E-state index in [4.69, 9.17) is 5.73 Å². The van der Waals surface area contributed by atoms with Gasteiger partial charge in [0.25, 0.3) is 11.8 Å². The van der Waals surface area contributed by atoms with Crippen molar-refractivity contribution in [3.63, 3.8) is 0 Å². The van der Waals surface area contributed by atoms with Crippen molar-refractivity contribution in [3.05, 3.63) is 77.6 Å². The van der Waals surface area contributed by atoms with E-state index in [2.05, 4.69) is 37.6 Å². The monoisotopic (exact) mass is 430 g/mol. The molecule has 32 heavy (non-hydrogen) atoms. The zero-order valence-corrected chi connectivity index (χ0v) is 17.9. The van der Waals surface area contributed by atoms with Gasteiger partial charge in [0.2, 0.25) is 0 Å². The van der Waals surface area contributed by atoms with Crippen molar-refractivity contribution in [2.45, 2.75) is 19.0 Å². The number of nitrogens with one attached hydrogen (secondary N) is 2. The highest BCUT2D eigenvalue weighted by atomic mass is 16.2. The van der Waals surface area contributed by atoms with Gasteiger partial charge < -0.3 is 16.4 Å². The van der Waals surface area contributed by atoms with Crippen LogP contribution in [0.1, 0.15) is 32.8 Å². The molecule has 8 heteroatoms. The first-order valence-electron chi connectivity index (χ1n) is 10.6. The van der Waals surface area contributed by atoms with Crippen LogP contribution in [0.4, 0.5) is 5.82 Å². The molecule has 1 fully saturated rings. The smallest absolute Gasteiger partial charge is 0.273 e. The fourth-order valence-corrected chi connectivity index (χ4v) is 3.85. The molecule has 2 aromatic carbocycles. The number of likely N-dealkylation sites (tertiary alicyclic amines) is 1. The number of aromatic nitrogens is 2. The van der Waals surface area contributed by atoms with E-state index in [1.165, 1.54) is 18.8 Å². The molecule has 0 bridgehead atoms. The largest absolute Gasteiger partial charge is 0.382 e. The minimum absolute atomic E-state index is 0.0586. The van der Waals surface area contributed by atoms with Gasteiger partial charge in [-0.2, -0.15) is 0 Å². The van der Waals surface area contributed by atoms with E-state index in [9.17, 15) is 9.59 Å². The second-order valence-electron chi connectivity index (χ2n) is 7.83. The summed E-state index contributed by atoms with van der Waals surface area (Å²) in [5, 5.41) is 5.64. The molecule has 3 aromatic rings. The minimum Gasteiger partial charge on any atom is -0.382 e. The molecule has 0 unspecified atom stereocenters. The van der Waals surface area contributed by atoms with Crippen LogP contribution in [0.2, 0.25) is 0 Å². The second-order valence-corrected chi connectivity index (χ2v) is 7.83. The highest BCUT2D eigenvalue weighted by Crippen LogP contribution is 2.20. The molecule has 4 rings (SSSR count). The van der Waals surface area contributed by atoms with Gasteiger partial charge in [0, 0.05) is 43.9 Å². The number of carbonyl (C=O) groups is 2. The first-order valence-corrected chi connectivity index (χ1v) is 10.6. The van der Waals surface area contributed by atoms with Crippen molar-refractivity contribution >= 4 is 17.6 Å². The first kappa shape index (κ1) is 21.5. The molecule has 8 nitrogen and oxygen atoms in total. The lowest BCUT2D eigenvalue weighted by molar-refractivity contribution is 0.0934. The molecular formula is C24H26N6O2. The maximum Gasteiger partial charge on any atom is 0.273 e. The van der Waals surface area contributed by atoms with Crippen molar-refractivity contribution in [2.24, 2.45) is 0 Å². The highest BCUT2D eigenvalue weighted by molar-refractivity contribution is 5.97. The summed E-state index contributed by atoms with van der Waals surface area (Å²) in [5.41, 5.74) is 8.79. The molecule has 0 saturated carbocycles. The number of nitrogen functional groups attached to an aromatic ring is 1. The number of hydrogen-bond donors (Lipinski definition) is 3. The van der Waals surface area contributed by atoms with Crippen LogP contribution in [0.25, 0.3) is 11.3 Å². The summed E-state index contributed by atoms with van der Waals surface area (Å²) in [6, 6.07) is 17.6. The molecule has 0 aliphatic carbocycles. The average Bonchev–Trinajstić information content (AvgIpc) is 3.26. The molecule has 4 N–H and O–H groups in total. The maximum absolute atomic E-state index is 12.9. The molecule has 164 valence electrons. The van der Waals surface area contributed by atoms with Gasteiger partial charge in [0.1, 0.15) is 0 Å². The molecule has 1 aliphatic heterocycles. The van der Waals surface area contributed by atoms with E-state index in [1.807, 2.05) is 24.3 Å². The Morgan fingerprint density at radius 3 is 2.72 bits per heavy atom. The van der Waals surface area contributed by atoms with Crippen molar-refractivity contribution < 1.29 is 9.59 Å². The third-order valence-corrected chi connectivity index (χ3v) is 5.52. The molecule has 1 saturated heterocycles. The van der Waals surface area contributed by atoms with Crippen molar-refractivity contribution in [1.29, 1.82) is 0 Å². The van der Waals surface area contributed by atoms with Gasteiger partial charge in [-0.1, -0.05) is 42.5 Å². The molecule has 1 aromatic heterocycles. The summed E-state index contributed by atoms with van der Waals surface area (Å²) in [6.07, 6.45) is 2.41. The van der Waals surface area contributed by atoms with Crippen molar-refractivity contribution in [3.8, 4) is 11.3 Å². The lowest BCUT2D eigenvalue weighted by Crippen LogP contribution is -2.37. The fraction of sp³-hybridized carbons (Fsp3) is 0.250. The Labute approximate surface area is 186 Å². The minimum atomic E-state index is -0.410. The predicted molar refractivity (Wildman–Crippen MR) is 123 cm³/mol. The molecule has 0 spiro atoms. The normalized spacial score (nSPS) is 16.0. The third kappa shape index (κ3) is 4.92. The van der Waals surface area contributed by atoms with Crippen LogP contribution in [0, 0.1) is 0 Å². The van der Waals surface area contributed by atoms with Gasteiger partial charge in [0.05, 0.1) is 11.9 Å². The number of rotatable bonds is 6. The van der Waals surface area contributed by atoms with Crippen LogP contribution in [0.15, 0.2) is 60.8 Å². The van der Waals surface area contributed by atoms with E-state index in [-0.39, 0.29) is 23.5 Å². The fourth-order valence-electron chi connectivity index (χ4n) is 3.85. The zero-order chi connectivity index (χ0) is 22.5. The molecule has 1 atom stereocenters. The number of nitrogens with zero attached hydrogens (tertiary/aromatic N) is 3. The van der Waals surface area contributed by atoms with Gasteiger partial charge in [-0.15, -0.1) is 0 Å². The summed E-state index contributed by atoms with van der Waals surface area (Å²) in [4.78, 5) is 35.6. The predicted octanol–water partition coefficient (Wildman–Crippen LogP) is 2.09. The van der Waals surface area contributed by atoms with Gasteiger partial charge in [0.15, 0.2) is 11.5 Å². The van der Waals surface area contributed by atoms with E-state index < -0.39 is 5.91 Å². The van der Waals surface area contributed by atoms with Gasteiger partial charge in [-0.3, -0.25) is 14.5 Å². The average molecular weight is 431 g/mol. The van der Waals surface area contributed by atoms with Crippen LogP contribution in [0.5, 0.6) is 0 Å². The van der Waals surface area contributed by atoms with E-state index >= 15 is 0 Å². The number of anilines is 1. The molecule has 0 radical (unpaired) electrons. The first-order chi connectivity index (χ1) is 15.5. The van der Waals surface area contributed by atoms with Crippen LogP contribution in [-0.4, -0.2) is 52.9 Å². The summed E-state index contributed by atoms with van der Waals surface area (Å²) in [5.74, 6) is -0.483. The zero-order valence-electron chi connectivity index (χ0n) is 17.9. The highest BCUT2D eigenvalue weighted by Gasteiger charge is 2.24. The summed E-state index contributed by atoms with van der Waals surface area (Å²) in [6.45, 7) is 2.65. The number of benzene rings is 2. The Bertz CT molecular complexity index is 1120. The second kappa shape index (κ2) is 9.57. The number of amides is 2. The van der Waals surface area contributed by atoms with Crippen molar-refractivity contribution in [2.75, 3.05) is 25.9 Å². The molecule has 1 aliphatic rings. The van der Waals surface area contributed by atoms with Crippen LogP contribution >= 0.6 is 0 Å². The summed E-state index contributed by atoms with van der Waals surface area (Å²) < 4.78 is 0. The number of carbonyl (C=O) groups excluding carboxylic acids is 2. The van der Waals surface area contributed by atoms with E-state index in [0.717, 1.165) is 26.1 Å². The Morgan fingerprint density at radius 2 is 1.94 bits per heavy atom. The van der Waals surface area contributed by atoms with Crippen LogP contribution < -0.4 is 16.4 Å². The SMILES string of the molecule is CNC(=O)c1nc(-c2cccc(C(=O)N[C@@H]3CCN(Cc4ccccc4)C3)c2)cnc1N. The third-order valence-electron chi connectivity index (χ3n) is 5.52. The van der Waals surface area contributed by atoms with E-state index in [1.54, 1.807) is 18.2 Å². The number of hydrogen-bond acceptors (Lipinski definition) is 6. The Kier molecular flexibility index (Phi) is 6.42. The van der Waals surface area contributed by atoms with Crippen LogP contribution in [-0.2, 0) is 6.54 Å². The van der Waals surface area contributed by atoms with Gasteiger partial charge in [-0.05, 0) is 24.1 Å². The lowest BCUT2D eigenvalue weighted by atomic mass is 10.1. The van der Waals surface area contributed by atoms with E-state index in [0.29, 0.717) is 16.8 Å². The Morgan fingerprint density at radius 1 is 1.12 bits per heavy atom. The maximum atomic E-state index is 12.9. The van der Waals surface area contributed by atoms with Crippen LogP contribution in [0.3, 0.4) is 0 Å². The Balaban J connectivity index is 1.42. The molecule has 2 heterocycles. The van der Waals surface area contributed by atoms with Gasteiger partial charge in [-0.25, -0.2) is 9.97 Å².